The van der Waals surface area contributed by atoms with Crippen molar-refractivity contribution in [1.29, 1.82) is 0 Å². The topological polar surface area (TPSA) is 37.0 Å². The van der Waals surface area contributed by atoms with E-state index in [4.69, 9.17) is 4.74 Å². The highest BCUT2D eigenvalue weighted by molar-refractivity contribution is 5.84. The van der Waals surface area contributed by atoms with E-state index in [-0.39, 0.29) is 6.04 Å². The smallest absolute Gasteiger partial charge is 0.142 e. The Morgan fingerprint density at radius 3 is 2.93 bits per heavy atom. The number of aromatic amines is 1. The Morgan fingerprint density at radius 2 is 2.00 bits per heavy atom. The molecule has 0 amide bonds. The van der Waals surface area contributed by atoms with E-state index in [2.05, 4.69) is 78.0 Å². The van der Waals surface area contributed by atoms with Crippen LogP contribution in [-0.2, 0) is 0 Å². The highest BCUT2D eigenvalue weighted by atomic mass is 16.5. The van der Waals surface area contributed by atoms with Crippen LogP contribution in [0.1, 0.15) is 49.3 Å². The van der Waals surface area contributed by atoms with E-state index in [0.717, 1.165) is 31.6 Å². The second-order valence-corrected chi connectivity index (χ2v) is 7.69. The van der Waals surface area contributed by atoms with Crippen LogP contribution >= 0.6 is 0 Å². The highest BCUT2D eigenvalue weighted by Crippen LogP contribution is 2.52. The minimum atomic E-state index is 0.282. The van der Waals surface area contributed by atoms with Gasteiger partial charge < -0.3 is 15.0 Å². The second-order valence-electron chi connectivity index (χ2n) is 7.69. The lowest BCUT2D eigenvalue weighted by Gasteiger charge is -2.38. The molecule has 3 unspecified atom stereocenters. The van der Waals surface area contributed by atoms with Crippen LogP contribution in [0.25, 0.3) is 10.9 Å². The van der Waals surface area contributed by atoms with E-state index in [9.17, 15) is 0 Å². The van der Waals surface area contributed by atoms with Gasteiger partial charge in [-0.15, -0.1) is 0 Å². The third-order valence-corrected chi connectivity index (χ3v) is 6.07. The summed E-state index contributed by atoms with van der Waals surface area (Å²) >= 11 is 0. The first-order valence-corrected chi connectivity index (χ1v) is 10.1. The van der Waals surface area contributed by atoms with Gasteiger partial charge in [0.25, 0.3) is 0 Å². The molecule has 0 spiro atoms. The summed E-state index contributed by atoms with van der Waals surface area (Å²) in [5, 5.41) is 5.19. The van der Waals surface area contributed by atoms with Crippen LogP contribution in [0.15, 0.2) is 60.8 Å². The van der Waals surface area contributed by atoms with Crippen molar-refractivity contribution in [3.05, 3.63) is 71.9 Å². The van der Waals surface area contributed by atoms with Gasteiger partial charge in [-0.25, -0.2) is 0 Å². The van der Waals surface area contributed by atoms with Crippen LogP contribution in [0, 0.1) is 5.92 Å². The average Bonchev–Trinajstić information content (AvgIpc) is 3.35. The first kappa shape index (κ1) is 16.5. The molecule has 2 aromatic carbocycles. The van der Waals surface area contributed by atoms with Crippen molar-refractivity contribution < 1.29 is 4.74 Å². The summed E-state index contributed by atoms with van der Waals surface area (Å²) in [6.07, 6.45) is 10.3. The fourth-order valence-electron chi connectivity index (χ4n) is 4.70. The molecule has 3 heteroatoms. The van der Waals surface area contributed by atoms with Crippen LogP contribution in [0.3, 0.4) is 0 Å². The summed E-state index contributed by atoms with van der Waals surface area (Å²) in [6, 6.07) is 15.4. The molecule has 5 rings (SSSR count). The van der Waals surface area contributed by atoms with Crippen LogP contribution in [0.5, 0.6) is 5.75 Å². The Morgan fingerprint density at radius 1 is 1.07 bits per heavy atom. The van der Waals surface area contributed by atoms with Gasteiger partial charge in [0.05, 0.1) is 18.3 Å². The predicted octanol–water partition coefficient (Wildman–Crippen LogP) is 6.17. The number of para-hydroxylation sites is 2. The molecule has 0 saturated heterocycles. The molecule has 1 aliphatic carbocycles. The number of unbranched alkanes of at least 4 members (excludes halogenated alkanes) is 1. The average molecular weight is 358 g/mol. The molecule has 27 heavy (non-hydrogen) atoms. The summed E-state index contributed by atoms with van der Waals surface area (Å²) in [6.45, 7) is 2.97. The number of aromatic nitrogens is 1. The molecule has 0 fully saturated rings. The summed E-state index contributed by atoms with van der Waals surface area (Å²) in [7, 11) is 0. The first-order chi connectivity index (χ1) is 13.4. The normalized spacial score (nSPS) is 23.1. The van der Waals surface area contributed by atoms with Gasteiger partial charge in [0.2, 0.25) is 0 Å². The largest absolute Gasteiger partial charge is 0.491 e. The molecule has 3 aromatic rings. The maximum atomic E-state index is 6.15. The van der Waals surface area contributed by atoms with Gasteiger partial charge in [-0.3, -0.25) is 0 Å². The summed E-state index contributed by atoms with van der Waals surface area (Å²) in [5.41, 5.74) is 5.11. The van der Waals surface area contributed by atoms with Crippen molar-refractivity contribution in [3.8, 4) is 5.75 Å². The number of fused-ring (bicyclic) bond motifs is 4. The maximum absolute atomic E-state index is 6.15. The van der Waals surface area contributed by atoms with E-state index in [0.29, 0.717) is 11.8 Å². The number of ether oxygens (including phenoxy) is 1. The minimum Gasteiger partial charge on any atom is -0.491 e. The number of H-pyrrole nitrogens is 1. The van der Waals surface area contributed by atoms with Crippen LogP contribution < -0.4 is 10.1 Å². The molecular formula is C24H26N2O. The Labute approximate surface area is 160 Å². The highest BCUT2D eigenvalue weighted by Gasteiger charge is 2.39. The van der Waals surface area contributed by atoms with Gasteiger partial charge in [0.1, 0.15) is 5.75 Å². The fourth-order valence-corrected chi connectivity index (χ4v) is 4.70. The Kier molecular flexibility index (Phi) is 4.16. The lowest BCUT2D eigenvalue weighted by atomic mass is 9.77. The van der Waals surface area contributed by atoms with E-state index in [1.807, 2.05) is 0 Å². The van der Waals surface area contributed by atoms with Gasteiger partial charge in [0, 0.05) is 23.0 Å². The molecule has 0 bridgehead atoms. The predicted molar refractivity (Wildman–Crippen MR) is 111 cm³/mol. The van der Waals surface area contributed by atoms with E-state index >= 15 is 0 Å². The maximum Gasteiger partial charge on any atom is 0.142 e. The minimum absolute atomic E-state index is 0.282. The van der Waals surface area contributed by atoms with Gasteiger partial charge >= 0.3 is 0 Å². The van der Waals surface area contributed by atoms with E-state index < -0.39 is 0 Å². The standard InChI is InChI=1S/C24H26N2O/c1-2-3-14-27-22-13-7-11-19-16-9-6-10-18(16)23(26-24(19)22)20-15-25-21-12-5-4-8-17(20)21/h4-9,11-13,15-16,18,23,25-26H,2-3,10,14H2,1H3. The number of anilines is 1. The lowest BCUT2D eigenvalue weighted by molar-refractivity contribution is 0.308. The number of allylic oxidation sites excluding steroid dienone is 2. The van der Waals surface area contributed by atoms with Crippen LogP contribution in [0.2, 0.25) is 0 Å². The molecule has 2 N–H and O–H groups in total. The third-order valence-electron chi connectivity index (χ3n) is 6.07. The summed E-state index contributed by atoms with van der Waals surface area (Å²) < 4.78 is 6.15. The van der Waals surface area contributed by atoms with Crippen molar-refractivity contribution in [3.63, 3.8) is 0 Å². The molecule has 1 aromatic heterocycles. The first-order valence-electron chi connectivity index (χ1n) is 10.1. The Bertz CT molecular complexity index is 987. The molecule has 3 atom stereocenters. The zero-order valence-corrected chi connectivity index (χ0v) is 15.7. The third kappa shape index (κ3) is 2.73. The van der Waals surface area contributed by atoms with Crippen molar-refractivity contribution in [1.82, 2.24) is 4.98 Å². The number of nitrogens with one attached hydrogen (secondary N) is 2. The van der Waals surface area contributed by atoms with Gasteiger partial charge in [0.15, 0.2) is 0 Å². The van der Waals surface area contributed by atoms with Crippen molar-refractivity contribution in [2.24, 2.45) is 5.92 Å². The molecule has 2 aliphatic rings. The molecular weight excluding hydrogens is 332 g/mol. The molecule has 138 valence electrons. The SMILES string of the molecule is CCCCOc1cccc2c1NC(c1c[nH]c3ccccc13)C1CC=CC21. The Balaban J connectivity index is 1.57. The van der Waals surface area contributed by atoms with Crippen LogP contribution in [0.4, 0.5) is 5.69 Å². The van der Waals surface area contributed by atoms with Gasteiger partial charge in [-0.2, -0.15) is 0 Å². The molecule has 1 aliphatic heterocycles. The summed E-state index contributed by atoms with van der Waals surface area (Å²) in [5.74, 6) is 1.99. The second kappa shape index (κ2) is 6.80. The molecule has 2 heterocycles. The fraction of sp³-hybridized carbons (Fsp3) is 0.333. The zero-order valence-electron chi connectivity index (χ0n) is 15.7. The number of hydrogen-bond donors (Lipinski definition) is 2. The van der Waals surface area contributed by atoms with Crippen molar-refractivity contribution in [2.75, 3.05) is 11.9 Å². The van der Waals surface area contributed by atoms with Crippen molar-refractivity contribution in [2.45, 2.75) is 38.1 Å². The van der Waals surface area contributed by atoms with E-state index in [1.165, 1.54) is 27.7 Å². The lowest BCUT2D eigenvalue weighted by Crippen LogP contribution is -2.29. The Hall–Kier alpha value is -2.68. The monoisotopic (exact) mass is 358 g/mol. The quantitative estimate of drug-likeness (QED) is 0.422. The molecule has 0 saturated carbocycles. The molecule has 3 nitrogen and oxygen atoms in total. The van der Waals surface area contributed by atoms with Gasteiger partial charge in [-0.05, 0) is 42.0 Å². The van der Waals surface area contributed by atoms with Crippen LogP contribution in [-0.4, -0.2) is 11.6 Å². The van der Waals surface area contributed by atoms with Crippen molar-refractivity contribution >= 4 is 16.6 Å². The number of rotatable bonds is 5. The molecule has 0 radical (unpaired) electrons. The summed E-state index contributed by atoms with van der Waals surface area (Å²) in [4.78, 5) is 3.45. The van der Waals surface area contributed by atoms with E-state index in [1.54, 1.807) is 0 Å². The number of hydrogen-bond acceptors (Lipinski definition) is 2. The van der Waals surface area contributed by atoms with Gasteiger partial charge in [-0.1, -0.05) is 55.8 Å². The zero-order chi connectivity index (χ0) is 18.2. The number of benzene rings is 2.